The van der Waals surface area contributed by atoms with Gasteiger partial charge in [0.25, 0.3) is 0 Å². The molecule has 24 heavy (non-hydrogen) atoms. The van der Waals surface area contributed by atoms with Gasteiger partial charge in [0.2, 0.25) is 0 Å². The number of likely N-dealkylation sites (tertiary alicyclic amines) is 1. The lowest BCUT2D eigenvalue weighted by molar-refractivity contribution is 0.265. The third kappa shape index (κ3) is 5.84. The average Bonchev–Trinajstić information content (AvgIpc) is 3.01. The van der Waals surface area contributed by atoms with Crippen LogP contribution in [0.2, 0.25) is 0 Å². The van der Waals surface area contributed by atoms with Gasteiger partial charge >= 0.3 is 0 Å². The Labute approximate surface area is 167 Å². The van der Waals surface area contributed by atoms with Crippen LogP contribution >= 0.6 is 35.3 Å². The van der Waals surface area contributed by atoms with Crippen molar-refractivity contribution in [3.63, 3.8) is 0 Å². The highest BCUT2D eigenvalue weighted by molar-refractivity contribution is 14.0. The number of thiazole rings is 1. The first kappa shape index (κ1) is 21.6. The fraction of sp³-hybridized carbons (Fsp3) is 0.765. The minimum absolute atomic E-state index is 0. The van der Waals surface area contributed by atoms with Crippen molar-refractivity contribution in [1.82, 2.24) is 20.5 Å². The van der Waals surface area contributed by atoms with E-state index in [2.05, 4.69) is 60.1 Å². The number of nitrogens with one attached hydrogen (secondary N) is 2. The minimum Gasteiger partial charge on any atom is -0.356 e. The summed E-state index contributed by atoms with van der Waals surface area (Å²) in [5, 5.41) is 8.18. The van der Waals surface area contributed by atoms with E-state index in [-0.39, 0.29) is 24.0 Å². The first-order valence-electron chi connectivity index (χ1n) is 8.54. The number of hydrogen-bond donors (Lipinski definition) is 2. The summed E-state index contributed by atoms with van der Waals surface area (Å²) in [6.07, 6.45) is 0.996. The molecule has 0 radical (unpaired) electrons. The third-order valence-corrected chi connectivity index (χ3v) is 5.69. The van der Waals surface area contributed by atoms with Gasteiger partial charge < -0.3 is 10.6 Å². The van der Waals surface area contributed by atoms with E-state index in [1.165, 1.54) is 4.88 Å². The Morgan fingerprint density at radius 2 is 2.08 bits per heavy atom. The molecule has 0 saturated carbocycles. The lowest BCUT2D eigenvalue weighted by Gasteiger charge is -2.21. The van der Waals surface area contributed by atoms with Crippen molar-refractivity contribution >= 4 is 41.3 Å². The molecule has 0 spiro atoms. The lowest BCUT2D eigenvalue weighted by atomic mass is 10.1. The van der Waals surface area contributed by atoms with E-state index in [0.717, 1.165) is 42.7 Å². The zero-order chi connectivity index (χ0) is 17.0. The highest BCUT2D eigenvalue weighted by Crippen LogP contribution is 2.19. The van der Waals surface area contributed by atoms with E-state index in [1.54, 1.807) is 11.3 Å². The molecule has 1 saturated heterocycles. The summed E-state index contributed by atoms with van der Waals surface area (Å²) in [6, 6.07) is 1.08. The van der Waals surface area contributed by atoms with Crippen molar-refractivity contribution in [2.75, 3.05) is 26.7 Å². The predicted molar refractivity (Wildman–Crippen MR) is 115 cm³/mol. The summed E-state index contributed by atoms with van der Waals surface area (Å²) >= 11 is 1.79. The molecule has 5 nitrogen and oxygen atoms in total. The second-order valence-corrected chi connectivity index (χ2v) is 8.05. The molecule has 2 rings (SSSR count). The maximum absolute atomic E-state index is 4.49. The van der Waals surface area contributed by atoms with E-state index in [9.17, 15) is 0 Å². The molecule has 0 aliphatic carbocycles. The molecule has 0 aromatic carbocycles. The maximum atomic E-state index is 4.49. The van der Waals surface area contributed by atoms with Gasteiger partial charge in [0.1, 0.15) is 0 Å². The molecule has 2 atom stereocenters. The molecule has 1 aromatic heterocycles. The number of nitrogens with zero attached hydrogens (tertiary/aromatic N) is 3. The number of guanidine groups is 1. The summed E-state index contributed by atoms with van der Waals surface area (Å²) in [5.41, 5.74) is 1.16. The average molecular weight is 465 g/mol. The molecule has 2 heterocycles. The largest absolute Gasteiger partial charge is 0.356 e. The second kappa shape index (κ2) is 9.91. The Balaban J connectivity index is 0.00000288. The molecular formula is C17H32IN5S. The Morgan fingerprint density at radius 3 is 2.58 bits per heavy atom. The first-order valence-corrected chi connectivity index (χ1v) is 9.36. The van der Waals surface area contributed by atoms with Gasteiger partial charge in [0.15, 0.2) is 5.96 Å². The molecule has 1 aliphatic heterocycles. The second-order valence-electron chi connectivity index (χ2n) is 6.77. The van der Waals surface area contributed by atoms with E-state index in [0.29, 0.717) is 18.0 Å². The normalized spacial score (nSPS) is 21.9. The van der Waals surface area contributed by atoms with Gasteiger partial charge in [-0.25, -0.2) is 4.98 Å². The van der Waals surface area contributed by atoms with Gasteiger partial charge in [-0.15, -0.1) is 35.3 Å². The Morgan fingerprint density at radius 1 is 1.38 bits per heavy atom. The van der Waals surface area contributed by atoms with Crippen molar-refractivity contribution in [1.29, 1.82) is 0 Å². The van der Waals surface area contributed by atoms with Crippen LogP contribution in [-0.2, 0) is 6.42 Å². The van der Waals surface area contributed by atoms with Crippen LogP contribution in [0.15, 0.2) is 4.99 Å². The molecule has 2 unspecified atom stereocenters. The van der Waals surface area contributed by atoms with Crippen molar-refractivity contribution in [2.45, 2.75) is 53.1 Å². The van der Waals surface area contributed by atoms with Gasteiger partial charge in [-0.1, -0.05) is 6.92 Å². The number of aromatic nitrogens is 1. The fourth-order valence-electron chi connectivity index (χ4n) is 3.08. The number of halogens is 1. The first-order chi connectivity index (χ1) is 10.9. The van der Waals surface area contributed by atoms with E-state index < -0.39 is 0 Å². The molecule has 7 heteroatoms. The molecule has 1 aromatic rings. The monoisotopic (exact) mass is 465 g/mol. The number of aryl methyl sites for hydroxylation is 2. The molecule has 0 amide bonds. The van der Waals surface area contributed by atoms with E-state index in [4.69, 9.17) is 0 Å². The Bertz CT molecular complexity index is 543. The summed E-state index contributed by atoms with van der Waals surface area (Å²) in [6.45, 7) is 14.1. The van der Waals surface area contributed by atoms with Crippen LogP contribution in [0.4, 0.5) is 0 Å². The van der Waals surface area contributed by atoms with Crippen molar-refractivity contribution in [3.8, 4) is 0 Å². The van der Waals surface area contributed by atoms with Crippen LogP contribution in [-0.4, -0.2) is 54.6 Å². The molecule has 1 aliphatic rings. The fourth-order valence-corrected chi connectivity index (χ4v) is 4.02. The smallest absolute Gasteiger partial charge is 0.191 e. The topological polar surface area (TPSA) is 52.6 Å². The molecule has 0 bridgehead atoms. The summed E-state index contributed by atoms with van der Waals surface area (Å²) in [7, 11) is 1.84. The Hall–Kier alpha value is -0.410. The van der Waals surface area contributed by atoms with Gasteiger partial charge in [0, 0.05) is 50.1 Å². The molecular weight excluding hydrogens is 433 g/mol. The summed E-state index contributed by atoms with van der Waals surface area (Å²) in [5.74, 6) is 1.55. The number of aliphatic imine (C=N–C) groups is 1. The SMILES string of the molecule is CN=C(NCCc1sc(C)nc1C)NC1CN(C(C)C)CC1C.I. The van der Waals surface area contributed by atoms with Gasteiger partial charge in [-0.2, -0.15) is 0 Å². The van der Waals surface area contributed by atoms with Gasteiger partial charge in [-0.05, 0) is 33.6 Å². The number of rotatable bonds is 5. The third-order valence-electron chi connectivity index (χ3n) is 4.56. The molecule has 2 N–H and O–H groups in total. The highest BCUT2D eigenvalue weighted by atomic mass is 127. The molecule has 1 fully saturated rings. The van der Waals surface area contributed by atoms with Gasteiger partial charge in [0.05, 0.1) is 10.7 Å². The lowest BCUT2D eigenvalue weighted by Crippen LogP contribution is -2.47. The van der Waals surface area contributed by atoms with Crippen LogP contribution in [0.3, 0.4) is 0 Å². The highest BCUT2D eigenvalue weighted by Gasteiger charge is 2.31. The minimum atomic E-state index is 0. The van der Waals surface area contributed by atoms with Gasteiger partial charge in [-0.3, -0.25) is 9.89 Å². The summed E-state index contributed by atoms with van der Waals surface area (Å²) in [4.78, 5) is 12.8. The van der Waals surface area contributed by atoms with E-state index in [1.807, 2.05) is 7.05 Å². The van der Waals surface area contributed by atoms with Crippen LogP contribution in [0.1, 0.15) is 36.3 Å². The predicted octanol–water partition coefficient (Wildman–Crippen LogP) is 2.81. The van der Waals surface area contributed by atoms with Crippen LogP contribution in [0.25, 0.3) is 0 Å². The van der Waals surface area contributed by atoms with Crippen molar-refractivity contribution in [3.05, 3.63) is 15.6 Å². The van der Waals surface area contributed by atoms with Crippen molar-refractivity contribution < 1.29 is 0 Å². The van der Waals surface area contributed by atoms with Crippen LogP contribution in [0, 0.1) is 19.8 Å². The van der Waals surface area contributed by atoms with Crippen LogP contribution < -0.4 is 10.6 Å². The number of hydrogen-bond acceptors (Lipinski definition) is 4. The molecule has 138 valence electrons. The maximum Gasteiger partial charge on any atom is 0.191 e. The van der Waals surface area contributed by atoms with E-state index >= 15 is 0 Å². The van der Waals surface area contributed by atoms with Crippen molar-refractivity contribution in [2.24, 2.45) is 10.9 Å². The quantitative estimate of drug-likeness (QED) is 0.399. The standard InChI is InChI=1S/C17H31N5S.HI/c1-11(2)22-9-12(3)15(10-22)21-17(18-6)19-8-7-16-13(4)20-14(5)23-16;/h11-12,15H,7-10H2,1-6H3,(H2,18,19,21);1H. The zero-order valence-electron chi connectivity index (χ0n) is 15.7. The zero-order valence-corrected chi connectivity index (χ0v) is 18.9. The van der Waals surface area contributed by atoms with Crippen LogP contribution in [0.5, 0.6) is 0 Å². The summed E-state index contributed by atoms with van der Waals surface area (Å²) < 4.78 is 0. The Kier molecular flexibility index (Phi) is 8.94.